The van der Waals surface area contributed by atoms with Gasteiger partial charge in [0.2, 0.25) is 0 Å². The largest absolute Gasteiger partial charge is 0.308 e. The van der Waals surface area contributed by atoms with Gasteiger partial charge in [0.1, 0.15) is 5.82 Å². The van der Waals surface area contributed by atoms with E-state index >= 15 is 0 Å². The maximum absolute atomic E-state index is 5.38. The highest BCUT2D eigenvalue weighted by Crippen LogP contribution is 2.22. The van der Waals surface area contributed by atoms with E-state index in [-0.39, 0.29) is 0 Å². The zero-order valence-corrected chi connectivity index (χ0v) is 10.7. The number of likely N-dealkylation sites (tertiary alicyclic amines) is 1. The summed E-state index contributed by atoms with van der Waals surface area (Å²) in [6.07, 6.45) is 2.63. The second kappa shape index (κ2) is 5.47. The van der Waals surface area contributed by atoms with Gasteiger partial charge in [-0.25, -0.2) is 10.8 Å². The number of rotatable bonds is 3. The Hall–Kier alpha value is -1.13. The molecule has 2 heterocycles. The highest BCUT2D eigenvalue weighted by Gasteiger charge is 2.22. The number of hydrogen-bond donors (Lipinski definition) is 2. The van der Waals surface area contributed by atoms with Crippen LogP contribution in [0, 0.1) is 5.92 Å². The van der Waals surface area contributed by atoms with Gasteiger partial charge in [-0.05, 0) is 37.8 Å². The van der Waals surface area contributed by atoms with Gasteiger partial charge in [0.15, 0.2) is 0 Å². The number of nitrogens with one attached hydrogen (secondary N) is 1. The lowest BCUT2D eigenvalue weighted by atomic mass is 9.95. The molecule has 1 fully saturated rings. The first-order valence-electron chi connectivity index (χ1n) is 6.35. The van der Waals surface area contributed by atoms with Gasteiger partial charge >= 0.3 is 0 Å². The first-order chi connectivity index (χ1) is 8.19. The fourth-order valence-electron chi connectivity index (χ4n) is 2.46. The molecule has 4 heteroatoms. The maximum atomic E-state index is 5.38. The molecule has 0 aliphatic carbocycles. The summed E-state index contributed by atoms with van der Waals surface area (Å²) < 4.78 is 0. The summed E-state index contributed by atoms with van der Waals surface area (Å²) in [5.74, 6) is 6.90. The molecular formula is C13H22N4. The number of hydrazine groups is 1. The zero-order chi connectivity index (χ0) is 12.3. The number of nitrogens with zero attached hydrogens (tertiary/aromatic N) is 2. The molecule has 0 amide bonds. The van der Waals surface area contributed by atoms with Crippen molar-refractivity contribution in [3.05, 3.63) is 23.9 Å². The van der Waals surface area contributed by atoms with Crippen molar-refractivity contribution in [2.24, 2.45) is 11.8 Å². The normalized spacial score (nSPS) is 25.8. The second-order valence-corrected chi connectivity index (χ2v) is 5.12. The molecule has 2 unspecified atom stereocenters. The summed E-state index contributed by atoms with van der Waals surface area (Å²) in [6, 6.07) is 6.59. The number of anilines is 1. The Balaban J connectivity index is 2.03. The van der Waals surface area contributed by atoms with E-state index in [1.807, 2.05) is 12.1 Å². The van der Waals surface area contributed by atoms with Crippen molar-refractivity contribution in [3.63, 3.8) is 0 Å². The van der Waals surface area contributed by atoms with E-state index in [0.29, 0.717) is 6.04 Å². The van der Waals surface area contributed by atoms with Crippen LogP contribution in [-0.4, -0.2) is 22.5 Å². The number of aromatic nitrogens is 1. The van der Waals surface area contributed by atoms with Gasteiger partial charge < -0.3 is 5.43 Å². The first-order valence-corrected chi connectivity index (χ1v) is 6.35. The number of pyridine rings is 1. The van der Waals surface area contributed by atoms with Crippen LogP contribution in [0.1, 0.15) is 32.4 Å². The lowest BCUT2D eigenvalue weighted by Gasteiger charge is -2.36. The molecule has 0 saturated carbocycles. The Morgan fingerprint density at radius 1 is 1.41 bits per heavy atom. The van der Waals surface area contributed by atoms with Gasteiger partial charge in [0.05, 0.1) is 5.69 Å². The molecule has 17 heavy (non-hydrogen) atoms. The Morgan fingerprint density at radius 2 is 2.24 bits per heavy atom. The highest BCUT2D eigenvalue weighted by molar-refractivity contribution is 5.33. The van der Waals surface area contributed by atoms with Crippen LogP contribution in [-0.2, 0) is 6.54 Å². The molecule has 4 nitrogen and oxygen atoms in total. The molecule has 2 rings (SSSR count). The molecule has 3 N–H and O–H groups in total. The number of nitrogens with two attached hydrogens (primary N) is 1. The first kappa shape index (κ1) is 12.3. The quantitative estimate of drug-likeness (QED) is 0.620. The fourth-order valence-corrected chi connectivity index (χ4v) is 2.46. The third kappa shape index (κ3) is 3.17. The van der Waals surface area contributed by atoms with Crippen molar-refractivity contribution in [3.8, 4) is 0 Å². The Morgan fingerprint density at radius 3 is 3.00 bits per heavy atom. The van der Waals surface area contributed by atoms with Crippen molar-refractivity contribution in [1.29, 1.82) is 0 Å². The number of nitrogen functional groups attached to an aromatic ring is 1. The minimum atomic E-state index is 0.655. The van der Waals surface area contributed by atoms with Crippen LogP contribution >= 0.6 is 0 Å². The maximum Gasteiger partial charge on any atom is 0.140 e. The predicted molar refractivity (Wildman–Crippen MR) is 70.3 cm³/mol. The summed E-state index contributed by atoms with van der Waals surface area (Å²) >= 11 is 0. The fraction of sp³-hybridized carbons (Fsp3) is 0.615. The van der Waals surface area contributed by atoms with Crippen LogP contribution in [0.3, 0.4) is 0 Å². The van der Waals surface area contributed by atoms with Crippen molar-refractivity contribution in [1.82, 2.24) is 9.88 Å². The molecule has 1 aliphatic rings. The van der Waals surface area contributed by atoms with Crippen LogP contribution in [0.5, 0.6) is 0 Å². The van der Waals surface area contributed by atoms with E-state index in [4.69, 9.17) is 5.84 Å². The van der Waals surface area contributed by atoms with E-state index in [2.05, 4.69) is 35.2 Å². The van der Waals surface area contributed by atoms with Crippen LogP contribution in [0.4, 0.5) is 5.82 Å². The molecule has 0 bridgehead atoms. The van der Waals surface area contributed by atoms with E-state index in [9.17, 15) is 0 Å². The molecule has 0 aromatic carbocycles. The molecule has 0 radical (unpaired) electrons. The Labute approximate surface area is 103 Å². The van der Waals surface area contributed by atoms with Gasteiger partial charge in [0.25, 0.3) is 0 Å². The van der Waals surface area contributed by atoms with Crippen molar-refractivity contribution in [2.75, 3.05) is 12.0 Å². The van der Waals surface area contributed by atoms with Gasteiger partial charge in [-0.1, -0.05) is 13.0 Å². The molecular weight excluding hydrogens is 212 g/mol. The Bertz CT molecular complexity index is 366. The Kier molecular flexibility index (Phi) is 3.97. The molecule has 0 spiro atoms. The van der Waals surface area contributed by atoms with Crippen molar-refractivity contribution < 1.29 is 0 Å². The smallest absolute Gasteiger partial charge is 0.140 e. The summed E-state index contributed by atoms with van der Waals surface area (Å²) in [5.41, 5.74) is 3.68. The zero-order valence-electron chi connectivity index (χ0n) is 10.7. The standard InChI is InChI=1S/C13H22N4/c1-10-6-7-11(2)17(8-10)9-12-4-3-5-13(15-12)16-14/h3-5,10-11H,6-9,14H2,1-2H3,(H,15,16). The van der Waals surface area contributed by atoms with Crippen LogP contribution in [0.15, 0.2) is 18.2 Å². The van der Waals surface area contributed by atoms with Crippen molar-refractivity contribution in [2.45, 2.75) is 39.3 Å². The van der Waals surface area contributed by atoms with Crippen LogP contribution in [0.25, 0.3) is 0 Å². The molecule has 94 valence electrons. The highest BCUT2D eigenvalue weighted by atomic mass is 15.3. The molecule has 1 aliphatic heterocycles. The molecule has 1 aromatic rings. The van der Waals surface area contributed by atoms with Crippen LogP contribution in [0.2, 0.25) is 0 Å². The minimum Gasteiger partial charge on any atom is -0.308 e. The third-order valence-corrected chi connectivity index (χ3v) is 3.57. The predicted octanol–water partition coefficient (Wildman–Crippen LogP) is 1.99. The van der Waals surface area contributed by atoms with Gasteiger partial charge in [-0.2, -0.15) is 0 Å². The molecule has 2 atom stereocenters. The SMILES string of the molecule is CC1CCC(C)N(Cc2cccc(NN)n2)C1. The number of hydrogen-bond acceptors (Lipinski definition) is 4. The van der Waals surface area contributed by atoms with E-state index in [0.717, 1.165) is 24.0 Å². The summed E-state index contributed by atoms with van der Waals surface area (Å²) in [7, 11) is 0. The average molecular weight is 234 g/mol. The van der Waals surface area contributed by atoms with E-state index in [1.54, 1.807) is 0 Å². The number of piperidine rings is 1. The summed E-state index contributed by atoms with van der Waals surface area (Å²) in [6.45, 7) is 6.71. The van der Waals surface area contributed by atoms with Gasteiger partial charge in [-0.3, -0.25) is 4.90 Å². The van der Waals surface area contributed by atoms with E-state index < -0.39 is 0 Å². The summed E-state index contributed by atoms with van der Waals surface area (Å²) in [5, 5.41) is 0. The van der Waals surface area contributed by atoms with Gasteiger partial charge in [-0.15, -0.1) is 0 Å². The van der Waals surface area contributed by atoms with E-state index in [1.165, 1.54) is 19.4 Å². The third-order valence-electron chi connectivity index (χ3n) is 3.57. The minimum absolute atomic E-state index is 0.655. The monoisotopic (exact) mass is 234 g/mol. The second-order valence-electron chi connectivity index (χ2n) is 5.12. The average Bonchev–Trinajstić information content (AvgIpc) is 2.34. The molecule has 1 saturated heterocycles. The van der Waals surface area contributed by atoms with Crippen LogP contribution < -0.4 is 11.3 Å². The summed E-state index contributed by atoms with van der Waals surface area (Å²) in [4.78, 5) is 6.98. The molecule has 1 aromatic heterocycles. The lowest BCUT2D eigenvalue weighted by Crippen LogP contribution is -2.40. The van der Waals surface area contributed by atoms with Crippen molar-refractivity contribution >= 4 is 5.82 Å². The lowest BCUT2D eigenvalue weighted by molar-refractivity contribution is 0.116. The topological polar surface area (TPSA) is 54.2 Å². The van der Waals surface area contributed by atoms with Gasteiger partial charge in [0, 0.05) is 19.1 Å².